The van der Waals surface area contributed by atoms with E-state index in [-0.39, 0.29) is 18.1 Å². The first-order valence-corrected chi connectivity index (χ1v) is 14.0. The Morgan fingerprint density at radius 2 is 1.84 bits per heavy atom. The quantitative estimate of drug-likeness (QED) is 0.0943. The van der Waals surface area contributed by atoms with Gasteiger partial charge < -0.3 is 9.47 Å². The van der Waals surface area contributed by atoms with Crippen molar-refractivity contribution in [2.45, 2.75) is 30.9 Å². The molecule has 3 aromatic carbocycles. The van der Waals surface area contributed by atoms with E-state index in [2.05, 4.69) is 26.1 Å². The summed E-state index contributed by atoms with van der Waals surface area (Å²) in [6.07, 6.45) is 0. The van der Waals surface area contributed by atoms with Crippen LogP contribution in [0.5, 0.6) is 11.5 Å². The van der Waals surface area contributed by atoms with Crippen molar-refractivity contribution in [3.63, 3.8) is 0 Å². The SMILES string of the molecule is CCOc1cc([C@@H](C[N+](=O)[O-])Sc2nnc(C)n2-c2ccc(Cl)cc2)cc(Br)c1OCc1ccccc1Cl. The van der Waals surface area contributed by atoms with Gasteiger partial charge in [-0.2, -0.15) is 0 Å². The number of ether oxygens (including phenoxy) is 2. The topological polar surface area (TPSA) is 92.3 Å². The van der Waals surface area contributed by atoms with Crippen molar-refractivity contribution in [2.75, 3.05) is 13.2 Å². The summed E-state index contributed by atoms with van der Waals surface area (Å²) in [5.41, 5.74) is 2.31. The van der Waals surface area contributed by atoms with Crippen LogP contribution < -0.4 is 9.47 Å². The molecule has 4 aromatic rings. The van der Waals surface area contributed by atoms with Gasteiger partial charge in [-0.3, -0.25) is 14.7 Å². The predicted octanol–water partition coefficient (Wildman–Crippen LogP) is 7.73. The van der Waals surface area contributed by atoms with Crippen molar-refractivity contribution in [1.82, 2.24) is 14.8 Å². The summed E-state index contributed by atoms with van der Waals surface area (Å²) in [6, 6.07) is 18.2. The lowest BCUT2D eigenvalue weighted by Gasteiger charge is -2.19. The maximum absolute atomic E-state index is 11.7. The Morgan fingerprint density at radius 3 is 2.53 bits per heavy atom. The van der Waals surface area contributed by atoms with Crippen molar-refractivity contribution in [3.05, 3.63) is 102 Å². The summed E-state index contributed by atoms with van der Waals surface area (Å²) in [4.78, 5) is 11.3. The molecule has 4 rings (SSSR count). The fraction of sp³-hybridized carbons (Fsp3) is 0.231. The Bertz CT molecular complexity index is 1440. The van der Waals surface area contributed by atoms with E-state index in [0.29, 0.717) is 49.2 Å². The Morgan fingerprint density at radius 1 is 1.11 bits per heavy atom. The van der Waals surface area contributed by atoms with Crippen molar-refractivity contribution >= 4 is 50.9 Å². The van der Waals surface area contributed by atoms with Crippen LogP contribution in [0.15, 0.2) is 70.3 Å². The average molecular weight is 638 g/mol. The van der Waals surface area contributed by atoms with Crippen LogP contribution >= 0.6 is 50.9 Å². The van der Waals surface area contributed by atoms with Crippen LogP contribution in [0.4, 0.5) is 0 Å². The zero-order valence-electron chi connectivity index (χ0n) is 20.4. The minimum Gasteiger partial charge on any atom is -0.490 e. The molecule has 12 heteroatoms. The van der Waals surface area contributed by atoms with Crippen molar-refractivity contribution in [2.24, 2.45) is 0 Å². The van der Waals surface area contributed by atoms with E-state index in [9.17, 15) is 10.1 Å². The van der Waals surface area contributed by atoms with E-state index in [4.69, 9.17) is 32.7 Å². The lowest BCUT2D eigenvalue weighted by atomic mass is 10.1. The Balaban J connectivity index is 1.67. The van der Waals surface area contributed by atoms with Crippen LogP contribution in [0.3, 0.4) is 0 Å². The molecule has 0 radical (unpaired) electrons. The largest absolute Gasteiger partial charge is 0.490 e. The summed E-state index contributed by atoms with van der Waals surface area (Å²) in [7, 11) is 0. The van der Waals surface area contributed by atoms with Crippen LogP contribution in [0.2, 0.25) is 10.0 Å². The van der Waals surface area contributed by atoms with E-state index in [1.54, 1.807) is 24.3 Å². The first-order chi connectivity index (χ1) is 18.3. The molecule has 0 N–H and O–H groups in total. The summed E-state index contributed by atoms with van der Waals surface area (Å²) >= 11 is 17.2. The number of hydrogen-bond acceptors (Lipinski definition) is 7. The molecule has 0 fully saturated rings. The average Bonchev–Trinajstić information content (AvgIpc) is 3.24. The van der Waals surface area contributed by atoms with Gasteiger partial charge in [-0.05, 0) is 77.8 Å². The van der Waals surface area contributed by atoms with Gasteiger partial charge in [-0.15, -0.1) is 10.2 Å². The minimum absolute atomic E-state index is 0.230. The molecule has 0 aliphatic rings. The second-order valence-corrected chi connectivity index (χ2v) is 11.0. The molecule has 0 amide bonds. The lowest BCUT2D eigenvalue weighted by molar-refractivity contribution is -0.479. The van der Waals surface area contributed by atoms with Gasteiger partial charge in [0.1, 0.15) is 17.7 Å². The molecule has 8 nitrogen and oxygen atoms in total. The van der Waals surface area contributed by atoms with Gasteiger partial charge in [-0.1, -0.05) is 53.2 Å². The summed E-state index contributed by atoms with van der Waals surface area (Å²) in [5.74, 6) is 1.60. The van der Waals surface area contributed by atoms with Crippen LogP contribution in [-0.4, -0.2) is 32.8 Å². The highest BCUT2D eigenvalue weighted by Gasteiger charge is 2.26. The van der Waals surface area contributed by atoms with Crippen molar-refractivity contribution in [1.29, 1.82) is 0 Å². The maximum atomic E-state index is 11.7. The van der Waals surface area contributed by atoms with Gasteiger partial charge in [0.05, 0.1) is 11.1 Å². The number of rotatable bonds is 11. The number of hydrogen-bond donors (Lipinski definition) is 0. The standard InChI is InChI=1S/C26H23BrCl2N4O4S/c1-3-36-23-13-18(12-21(27)25(23)37-15-17-6-4-5-7-22(17)29)24(14-32(34)35)38-26-31-30-16(2)33(26)20-10-8-19(28)9-11-20/h4-13,24H,3,14-15H2,1-2H3/t24-/m1/s1. The van der Waals surface area contributed by atoms with Gasteiger partial charge in [0.15, 0.2) is 16.7 Å². The number of thioether (sulfide) groups is 1. The molecule has 0 saturated heterocycles. The first kappa shape index (κ1) is 28.2. The lowest BCUT2D eigenvalue weighted by Crippen LogP contribution is -2.12. The van der Waals surface area contributed by atoms with Gasteiger partial charge in [0.25, 0.3) is 0 Å². The highest BCUT2D eigenvalue weighted by Crippen LogP contribution is 2.43. The fourth-order valence-corrected chi connectivity index (χ4v) is 5.77. The van der Waals surface area contributed by atoms with Crippen LogP contribution in [0, 0.1) is 17.0 Å². The molecule has 1 atom stereocenters. The van der Waals surface area contributed by atoms with E-state index >= 15 is 0 Å². The fourth-order valence-electron chi connectivity index (χ4n) is 3.72. The van der Waals surface area contributed by atoms with E-state index < -0.39 is 5.25 Å². The predicted molar refractivity (Wildman–Crippen MR) is 153 cm³/mol. The molecule has 0 bridgehead atoms. The number of benzene rings is 3. The molecular formula is C26H23BrCl2N4O4S. The maximum Gasteiger partial charge on any atom is 0.220 e. The molecule has 0 aliphatic carbocycles. The van der Waals surface area contributed by atoms with Gasteiger partial charge in [0.2, 0.25) is 6.54 Å². The van der Waals surface area contributed by atoms with Gasteiger partial charge in [-0.25, -0.2) is 0 Å². The molecule has 0 aliphatic heterocycles. The Labute approximate surface area is 242 Å². The number of nitrogens with zero attached hydrogens (tertiary/aromatic N) is 4. The van der Waals surface area contributed by atoms with Gasteiger partial charge in [0, 0.05) is 26.2 Å². The Hall–Kier alpha value is -2.79. The molecular weight excluding hydrogens is 615 g/mol. The third kappa shape index (κ3) is 6.79. The van der Waals surface area contributed by atoms with Crippen LogP contribution in [0.25, 0.3) is 5.69 Å². The molecule has 0 saturated carbocycles. The zero-order valence-corrected chi connectivity index (χ0v) is 24.4. The van der Waals surface area contributed by atoms with Crippen LogP contribution in [-0.2, 0) is 6.61 Å². The van der Waals surface area contributed by atoms with Gasteiger partial charge >= 0.3 is 0 Å². The molecule has 1 heterocycles. The van der Waals surface area contributed by atoms with E-state index in [0.717, 1.165) is 11.3 Å². The molecule has 38 heavy (non-hydrogen) atoms. The second-order valence-electron chi connectivity index (χ2n) is 8.11. The van der Waals surface area contributed by atoms with E-state index in [1.807, 2.05) is 54.8 Å². The molecule has 0 unspecified atom stereocenters. The minimum atomic E-state index is -0.590. The smallest absolute Gasteiger partial charge is 0.220 e. The summed E-state index contributed by atoms with van der Waals surface area (Å²) < 4.78 is 14.4. The zero-order chi connectivity index (χ0) is 27.2. The third-order valence-corrected chi connectivity index (χ3v) is 7.87. The normalized spacial score (nSPS) is 11.8. The highest BCUT2D eigenvalue weighted by molar-refractivity contribution is 9.10. The second kappa shape index (κ2) is 12.8. The van der Waals surface area contributed by atoms with Crippen molar-refractivity contribution in [3.8, 4) is 17.2 Å². The van der Waals surface area contributed by atoms with E-state index in [1.165, 1.54) is 11.8 Å². The highest BCUT2D eigenvalue weighted by atomic mass is 79.9. The van der Waals surface area contributed by atoms with Crippen LogP contribution in [0.1, 0.15) is 29.1 Å². The number of halogens is 3. The third-order valence-electron chi connectivity index (χ3n) is 5.48. The number of nitro groups is 1. The number of aromatic nitrogens is 3. The summed E-state index contributed by atoms with van der Waals surface area (Å²) in [5, 5.41) is 21.3. The number of aryl methyl sites for hydroxylation is 1. The molecule has 1 aromatic heterocycles. The molecule has 198 valence electrons. The summed E-state index contributed by atoms with van der Waals surface area (Å²) in [6.45, 7) is 3.96. The monoisotopic (exact) mass is 636 g/mol. The first-order valence-electron chi connectivity index (χ1n) is 11.6. The Kier molecular flexibility index (Phi) is 9.54. The van der Waals surface area contributed by atoms with Crippen molar-refractivity contribution < 1.29 is 14.4 Å². The molecule has 0 spiro atoms.